The van der Waals surface area contributed by atoms with Gasteiger partial charge < -0.3 is 10.8 Å². The van der Waals surface area contributed by atoms with E-state index in [1.54, 1.807) is 0 Å². The van der Waals surface area contributed by atoms with E-state index in [2.05, 4.69) is 0 Å². The molecule has 0 spiro atoms. The van der Waals surface area contributed by atoms with Crippen LogP contribution in [0.4, 0.5) is 0 Å². The molecule has 3 heteroatoms. The Labute approximate surface area is 96.1 Å². The number of aliphatic hydroxyl groups is 1. The Morgan fingerprint density at radius 2 is 2.13 bits per heavy atom. The average molecular weight is 228 g/mol. The number of hydrogen-bond donors (Lipinski definition) is 2. The summed E-state index contributed by atoms with van der Waals surface area (Å²) in [5, 5.41) is 10.5. The monoisotopic (exact) mass is 227 g/mol. The maximum atomic E-state index is 9.76. The van der Waals surface area contributed by atoms with Crippen molar-refractivity contribution in [3.63, 3.8) is 0 Å². The van der Waals surface area contributed by atoms with Crippen LogP contribution in [0.1, 0.15) is 24.5 Å². The van der Waals surface area contributed by atoms with Crippen molar-refractivity contribution in [2.45, 2.75) is 38.8 Å². The van der Waals surface area contributed by atoms with Gasteiger partial charge in [-0.2, -0.15) is 0 Å². The van der Waals surface area contributed by atoms with Gasteiger partial charge >= 0.3 is 0 Å². The van der Waals surface area contributed by atoms with E-state index in [0.29, 0.717) is 6.42 Å². The van der Waals surface area contributed by atoms with Crippen molar-refractivity contribution in [1.29, 1.82) is 0 Å². The molecule has 1 aromatic carbocycles. The summed E-state index contributed by atoms with van der Waals surface area (Å²) in [4.78, 5) is 0. The third-order valence-electron chi connectivity index (χ3n) is 2.65. The molecule has 0 radical (unpaired) electrons. The lowest BCUT2D eigenvalue weighted by Gasteiger charge is -2.17. The zero-order chi connectivity index (χ0) is 11.4. The molecule has 2 nitrogen and oxygen atoms in total. The SMILES string of the molecule is CCC(N)C(O)Cc1ccc(C)c(Cl)c1. The van der Waals surface area contributed by atoms with Crippen LogP contribution in [0.2, 0.25) is 5.02 Å². The molecule has 3 N–H and O–H groups in total. The standard InChI is InChI=1S/C12H18ClNO/c1-3-11(14)12(15)7-9-5-4-8(2)10(13)6-9/h4-6,11-12,15H,3,7,14H2,1-2H3. The topological polar surface area (TPSA) is 46.2 Å². The Bertz CT molecular complexity index is 327. The average Bonchev–Trinajstić information content (AvgIpc) is 2.22. The molecular weight excluding hydrogens is 210 g/mol. The first-order chi connectivity index (χ1) is 7.04. The first-order valence-corrected chi connectivity index (χ1v) is 5.61. The Hall–Kier alpha value is -0.570. The predicted octanol–water partition coefficient (Wildman–Crippen LogP) is 2.29. The molecule has 1 rings (SSSR count). The maximum Gasteiger partial charge on any atom is 0.0731 e. The van der Waals surface area contributed by atoms with E-state index in [0.717, 1.165) is 22.6 Å². The van der Waals surface area contributed by atoms with Gasteiger partial charge in [0.1, 0.15) is 0 Å². The normalized spacial score (nSPS) is 15.0. The van der Waals surface area contributed by atoms with E-state index in [-0.39, 0.29) is 6.04 Å². The lowest BCUT2D eigenvalue weighted by molar-refractivity contribution is 0.142. The van der Waals surface area contributed by atoms with Crippen molar-refractivity contribution in [2.24, 2.45) is 5.73 Å². The van der Waals surface area contributed by atoms with Crippen molar-refractivity contribution in [1.82, 2.24) is 0 Å². The van der Waals surface area contributed by atoms with Crippen molar-refractivity contribution in [3.05, 3.63) is 34.3 Å². The quantitative estimate of drug-likeness (QED) is 0.829. The summed E-state index contributed by atoms with van der Waals surface area (Å²) < 4.78 is 0. The molecule has 0 heterocycles. The highest BCUT2D eigenvalue weighted by atomic mass is 35.5. The number of rotatable bonds is 4. The number of halogens is 1. The summed E-state index contributed by atoms with van der Waals surface area (Å²) in [6.07, 6.45) is 0.851. The minimum absolute atomic E-state index is 0.162. The molecule has 15 heavy (non-hydrogen) atoms. The van der Waals surface area contributed by atoms with Gasteiger partial charge in [-0.15, -0.1) is 0 Å². The van der Waals surface area contributed by atoms with E-state index in [1.165, 1.54) is 0 Å². The molecule has 0 aromatic heterocycles. The Morgan fingerprint density at radius 1 is 1.47 bits per heavy atom. The summed E-state index contributed by atoms with van der Waals surface area (Å²) in [6.45, 7) is 3.93. The first kappa shape index (κ1) is 12.5. The second kappa shape index (κ2) is 5.50. The molecule has 84 valence electrons. The van der Waals surface area contributed by atoms with E-state index < -0.39 is 6.10 Å². The predicted molar refractivity (Wildman–Crippen MR) is 64.2 cm³/mol. The molecule has 0 aliphatic carbocycles. The zero-order valence-electron chi connectivity index (χ0n) is 9.20. The fraction of sp³-hybridized carbons (Fsp3) is 0.500. The van der Waals surface area contributed by atoms with Gasteiger partial charge in [-0.3, -0.25) is 0 Å². The lowest BCUT2D eigenvalue weighted by Crippen LogP contribution is -2.35. The third-order valence-corrected chi connectivity index (χ3v) is 3.05. The summed E-state index contributed by atoms with van der Waals surface area (Å²) in [5.41, 5.74) is 7.83. The van der Waals surface area contributed by atoms with Crippen LogP contribution in [0, 0.1) is 6.92 Å². The minimum Gasteiger partial charge on any atom is -0.391 e. The number of aliphatic hydroxyl groups excluding tert-OH is 1. The van der Waals surface area contributed by atoms with Crippen LogP contribution < -0.4 is 5.73 Å². The van der Waals surface area contributed by atoms with Crippen molar-refractivity contribution in [2.75, 3.05) is 0 Å². The molecule has 2 unspecified atom stereocenters. The highest BCUT2D eigenvalue weighted by Gasteiger charge is 2.13. The lowest BCUT2D eigenvalue weighted by atomic mass is 10.0. The Morgan fingerprint density at radius 3 is 2.67 bits per heavy atom. The minimum atomic E-state index is -0.492. The van der Waals surface area contributed by atoms with Crippen molar-refractivity contribution >= 4 is 11.6 Å². The Balaban J connectivity index is 2.68. The summed E-state index contributed by atoms with van der Waals surface area (Å²) >= 11 is 6.00. The van der Waals surface area contributed by atoms with E-state index in [1.807, 2.05) is 32.0 Å². The number of nitrogens with two attached hydrogens (primary N) is 1. The van der Waals surface area contributed by atoms with Crippen LogP contribution in [0.3, 0.4) is 0 Å². The molecule has 2 atom stereocenters. The smallest absolute Gasteiger partial charge is 0.0731 e. The third kappa shape index (κ3) is 3.49. The fourth-order valence-electron chi connectivity index (χ4n) is 1.43. The van der Waals surface area contributed by atoms with E-state index in [9.17, 15) is 5.11 Å². The number of hydrogen-bond acceptors (Lipinski definition) is 2. The number of aryl methyl sites for hydroxylation is 1. The van der Waals surface area contributed by atoms with Gasteiger partial charge in [0.05, 0.1) is 6.10 Å². The molecule has 0 amide bonds. The van der Waals surface area contributed by atoms with Crippen LogP contribution in [0.15, 0.2) is 18.2 Å². The Kier molecular flexibility index (Phi) is 4.58. The van der Waals surface area contributed by atoms with Gasteiger partial charge in [0.2, 0.25) is 0 Å². The fourth-order valence-corrected chi connectivity index (χ4v) is 1.63. The summed E-state index contributed by atoms with van der Waals surface area (Å²) in [6, 6.07) is 5.67. The maximum absolute atomic E-state index is 9.76. The molecule has 0 fully saturated rings. The largest absolute Gasteiger partial charge is 0.391 e. The molecule has 0 saturated carbocycles. The molecule has 1 aromatic rings. The van der Waals surface area contributed by atoms with Crippen LogP contribution in [-0.4, -0.2) is 17.3 Å². The van der Waals surface area contributed by atoms with Crippen LogP contribution >= 0.6 is 11.6 Å². The first-order valence-electron chi connectivity index (χ1n) is 5.23. The molecule has 0 saturated heterocycles. The second-order valence-electron chi connectivity index (χ2n) is 3.93. The van der Waals surface area contributed by atoms with Crippen LogP contribution in [0.25, 0.3) is 0 Å². The molecule has 0 bridgehead atoms. The van der Waals surface area contributed by atoms with E-state index >= 15 is 0 Å². The zero-order valence-corrected chi connectivity index (χ0v) is 9.96. The van der Waals surface area contributed by atoms with E-state index in [4.69, 9.17) is 17.3 Å². The van der Waals surface area contributed by atoms with Crippen LogP contribution in [0.5, 0.6) is 0 Å². The van der Waals surface area contributed by atoms with Crippen molar-refractivity contribution in [3.8, 4) is 0 Å². The molecular formula is C12H18ClNO. The summed E-state index contributed by atoms with van der Waals surface area (Å²) in [7, 11) is 0. The number of benzene rings is 1. The van der Waals surface area contributed by atoms with Gasteiger partial charge in [-0.05, 0) is 37.0 Å². The van der Waals surface area contributed by atoms with Gasteiger partial charge in [0.15, 0.2) is 0 Å². The van der Waals surface area contributed by atoms with Crippen LogP contribution in [-0.2, 0) is 6.42 Å². The highest BCUT2D eigenvalue weighted by Crippen LogP contribution is 2.18. The van der Waals surface area contributed by atoms with Crippen molar-refractivity contribution < 1.29 is 5.11 Å². The van der Waals surface area contributed by atoms with Gasteiger partial charge in [-0.1, -0.05) is 30.7 Å². The molecule has 0 aliphatic rings. The second-order valence-corrected chi connectivity index (χ2v) is 4.33. The molecule has 0 aliphatic heterocycles. The van der Waals surface area contributed by atoms with Gasteiger partial charge in [0.25, 0.3) is 0 Å². The van der Waals surface area contributed by atoms with Gasteiger partial charge in [0, 0.05) is 11.1 Å². The highest BCUT2D eigenvalue weighted by molar-refractivity contribution is 6.31. The van der Waals surface area contributed by atoms with Gasteiger partial charge in [-0.25, -0.2) is 0 Å². The summed E-state index contributed by atoms with van der Waals surface area (Å²) in [5.74, 6) is 0.